The summed E-state index contributed by atoms with van der Waals surface area (Å²) in [5.74, 6) is 1.52. The number of morpholine rings is 1. The molecule has 5 heterocycles. The van der Waals surface area contributed by atoms with Gasteiger partial charge in [-0.2, -0.15) is 5.10 Å². The third kappa shape index (κ3) is 3.54. The topological polar surface area (TPSA) is 96.2 Å². The van der Waals surface area contributed by atoms with Crippen LogP contribution >= 0.6 is 0 Å². The summed E-state index contributed by atoms with van der Waals surface area (Å²) in [4.78, 5) is 14.5. The number of pyridine rings is 2. The number of nitrogens with zero attached hydrogens (tertiary/aromatic N) is 5. The third-order valence-electron chi connectivity index (χ3n) is 5.98. The van der Waals surface area contributed by atoms with Crippen LogP contribution in [0.15, 0.2) is 30.6 Å². The van der Waals surface area contributed by atoms with Crippen LogP contribution in [0.2, 0.25) is 0 Å². The van der Waals surface area contributed by atoms with Crippen LogP contribution < -0.4 is 15.5 Å². The van der Waals surface area contributed by atoms with Gasteiger partial charge < -0.3 is 20.3 Å². The summed E-state index contributed by atoms with van der Waals surface area (Å²) in [6, 6.07) is 6.26. The van der Waals surface area contributed by atoms with E-state index in [2.05, 4.69) is 37.1 Å². The number of rotatable bonds is 4. The molecule has 1 unspecified atom stereocenters. The monoisotopic (exact) mass is 393 g/mol. The fraction of sp³-hybridized carbons (Fsp3) is 0.476. The zero-order valence-corrected chi connectivity index (χ0v) is 16.5. The number of aromatic amines is 1. The van der Waals surface area contributed by atoms with E-state index in [0.29, 0.717) is 5.92 Å². The summed E-state index contributed by atoms with van der Waals surface area (Å²) < 4.78 is 5.55. The Morgan fingerprint density at radius 3 is 2.83 bits per heavy atom. The van der Waals surface area contributed by atoms with E-state index in [0.717, 1.165) is 80.5 Å². The van der Waals surface area contributed by atoms with Gasteiger partial charge in [-0.1, -0.05) is 0 Å². The van der Waals surface area contributed by atoms with Crippen LogP contribution in [0.3, 0.4) is 0 Å². The predicted molar refractivity (Wildman–Crippen MR) is 114 cm³/mol. The van der Waals surface area contributed by atoms with Gasteiger partial charge in [0.15, 0.2) is 0 Å². The molecule has 2 fully saturated rings. The van der Waals surface area contributed by atoms with Crippen molar-refractivity contribution in [3.63, 3.8) is 0 Å². The first-order chi connectivity index (χ1) is 14.3. The number of fused-ring (bicyclic) bond motifs is 1. The number of hydrogen-bond donors (Lipinski definition) is 2. The Labute approximate surface area is 170 Å². The number of aromatic nitrogens is 4. The standard InChI is InChI=1S/C21H27N7O/c22-13-15-2-1-7-28(14-15)18-12-19(27-8-10-29-11-9-27)25-20-16(18)3-5-23-21(20)17-4-6-24-26-17/h3-6,12,15H,1-2,7-11,13-14,22H2,(H,24,26). The van der Waals surface area contributed by atoms with Crippen molar-refractivity contribution in [1.82, 2.24) is 20.2 Å². The van der Waals surface area contributed by atoms with E-state index in [1.807, 2.05) is 12.3 Å². The minimum atomic E-state index is 0.535. The Morgan fingerprint density at radius 1 is 1.14 bits per heavy atom. The fourth-order valence-corrected chi connectivity index (χ4v) is 4.40. The lowest BCUT2D eigenvalue weighted by atomic mass is 9.97. The lowest BCUT2D eigenvalue weighted by Gasteiger charge is -2.36. The number of hydrogen-bond acceptors (Lipinski definition) is 7. The van der Waals surface area contributed by atoms with Gasteiger partial charge in [-0.15, -0.1) is 0 Å². The Balaban J connectivity index is 1.66. The van der Waals surface area contributed by atoms with E-state index in [9.17, 15) is 0 Å². The van der Waals surface area contributed by atoms with Gasteiger partial charge in [0, 0.05) is 55.7 Å². The van der Waals surface area contributed by atoms with Crippen molar-refractivity contribution in [3.8, 4) is 11.4 Å². The van der Waals surface area contributed by atoms with Crippen molar-refractivity contribution < 1.29 is 4.74 Å². The summed E-state index contributed by atoms with van der Waals surface area (Å²) in [6.45, 7) is 5.92. The number of H-pyrrole nitrogens is 1. The zero-order chi connectivity index (χ0) is 19.6. The maximum absolute atomic E-state index is 6.01. The van der Waals surface area contributed by atoms with Gasteiger partial charge in [0.05, 0.1) is 18.9 Å². The summed E-state index contributed by atoms with van der Waals surface area (Å²) in [5, 5.41) is 8.27. The molecule has 0 bridgehead atoms. The van der Waals surface area contributed by atoms with Crippen molar-refractivity contribution >= 4 is 22.4 Å². The van der Waals surface area contributed by atoms with Crippen molar-refractivity contribution in [2.24, 2.45) is 11.7 Å². The molecular formula is C21H27N7O. The molecule has 29 heavy (non-hydrogen) atoms. The summed E-state index contributed by atoms with van der Waals surface area (Å²) in [7, 11) is 0. The SMILES string of the molecule is NCC1CCCN(c2cc(N3CCOCC3)nc3c(-c4ccn[nH]4)nccc23)C1. The highest BCUT2D eigenvalue weighted by Gasteiger charge is 2.24. The van der Waals surface area contributed by atoms with Crippen LogP contribution in [-0.2, 0) is 4.74 Å². The van der Waals surface area contributed by atoms with Gasteiger partial charge >= 0.3 is 0 Å². The van der Waals surface area contributed by atoms with Crippen molar-refractivity contribution in [2.45, 2.75) is 12.8 Å². The molecule has 0 saturated carbocycles. The normalized spacial score (nSPS) is 20.4. The fourth-order valence-electron chi connectivity index (χ4n) is 4.40. The minimum absolute atomic E-state index is 0.535. The largest absolute Gasteiger partial charge is 0.378 e. The molecular weight excluding hydrogens is 366 g/mol. The number of nitrogens with two attached hydrogens (primary N) is 1. The molecule has 152 valence electrons. The molecule has 2 aliphatic heterocycles. The smallest absolute Gasteiger partial charge is 0.131 e. The first kappa shape index (κ1) is 18.3. The van der Waals surface area contributed by atoms with Gasteiger partial charge in [-0.05, 0) is 37.4 Å². The van der Waals surface area contributed by atoms with E-state index in [1.165, 1.54) is 12.1 Å². The molecule has 0 aliphatic carbocycles. The predicted octanol–water partition coefficient (Wildman–Crippen LogP) is 2.03. The molecule has 0 aromatic carbocycles. The summed E-state index contributed by atoms with van der Waals surface area (Å²) in [6.07, 6.45) is 5.98. The van der Waals surface area contributed by atoms with E-state index in [4.69, 9.17) is 15.5 Å². The molecule has 3 aromatic rings. The highest BCUT2D eigenvalue weighted by Crippen LogP contribution is 2.36. The average Bonchev–Trinajstić information content (AvgIpc) is 3.33. The molecule has 2 aliphatic rings. The minimum Gasteiger partial charge on any atom is -0.378 e. The molecule has 8 heteroatoms. The number of anilines is 2. The Morgan fingerprint density at radius 2 is 2.03 bits per heavy atom. The lowest BCUT2D eigenvalue weighted by Crippen LogP contribution is -2.39. The molecule has 0 radical (unpaired) electrons. The van der Waals surface area contributed by atoms with Crippen LogP contribution in [0.1, 0.15) is 12.8 Å². The van der Waals surface area contributed by atoms with Crippen LogP contribution in [-0.4, -0.2) is 66.1 Å². The first-order valence-corrected chi connectivity index (χ1v) is 10.4. The molecule has 3 N–H and O–H groups in total. The van der Waals surface area contributed by atoms with Gasteiger partial charge in [-0.25, -0.2) is 4.98 Å². The third-order valence-corrected chi connectivity index (χ3v) is 5.98. The summed E-state index contributed by atoms with van der Waals surface area (Å²) >= 11 is 0. The van der Waals surface area contributed by atoms with Gasteiger partial charge in [0.25, 0.3) is 0 Å². The number of nitrogens with one attached hydrogen (secondary N) is 1. The van der Waals surface area contributed by atoms with E-state index in [-0.39, 0.29) is 0 Å². The molecule has 0 amide bonds. The van der Waals surface area contributed by atoms with E-state index < -0.39 is 0 Å². The number of ether oxygens (including phenoxy) is 1. The van der Waals surface area contributed by atoms with Gasteiger partial charge in [0.1, 0.15) is 17.0 Å². The molecule has 0 spiro atoms. The van der Waals surface area contributed by atoms with E-state index in [1.54, 1.807) is 6.20 Å². The Kier molecular flexibility index (Phi) is 5.03. The molecule has 8 nitrogen and oxygen atoms in total. The number of piperidine rings is 1. The quantitative estimate of drug-likeness (QED) is 0.700. The summed E-state index contributed by atoms with van der Waals surface area (Å²) in [5.41, 5.74) is 9.86. The van der Waals surface area contributed by atoms with Crippen LogP contribution in [0.4, 0.5) is 11.5 Å². The zero-order valence-electron chi connectivity index (χ0n) is 16.5. The Bertz CT molecular complexity index is 969. The molecule has 5 rings (SSSR count). The van der Waals surface area contributed by atoms with Gasteiger partial charge in [-0.3, -0.25) is 10.1 Å². The highest BCUT2D eigenvalue weighted by atomic mass is 16.5. The van der Waals surface area contributed by atoms with Crippen LogP contribution in [0.5, 0.6) is 0 Å². The molecule has 2 saturated heterocycles. The lowest BCUT2D eigenvalue weighted by molar-refractivity contribution is 0.122. The second-order valence-electron chi connectivity index (χ2n) is 7.82. The van der Waals surface area contributed by atoms with Crippen molar-refractivity contribution in [2.75, 3.05) is 55.7 Å². The van der Waals surface area contributed by atoms with Crippen molar-refractivity contribution in [1.29, 1.82) is 0 Å². The van der Waals surface area contributed by atoms with Crippen molar-refractivity contribution in [3.05, 3.63) is 30.6 Å². The van der Waals surface area contributed by atoms with E-state index >= 15 is 0 Å². The molecule has 3 aromatic heterocycles. The molecule has 1 atom stereocenters. The second kappa shape index (κ2) is 7.96. The maximum atomic E-state index is 6.01. The second-order valence-corrected chi connectivity index (χ2v) is 7.82. The van der Waals surface area contributed by atoms with Crippen LogP contribution in [0.25, 0.3) is 22.3 Å². The maximum Gasteiger partial charge on any atom is 0.131 e. The highest BCUT2D eigenvalue weighted by molar-refractivity contribution is 6.00. The average molecular weight is 393 g/mol. The van der Waals surface area contributed by atoms with Gasteiger partial charge in [0.2, 0.25) is 0 Å². The Hall–Kier alpha value is -2.71. The van der Waals surface area contributed by atoms with Crippen LogP contribution in [0, 0.1) is 5.92 Å². The first-order valence-electron chi connectivity index (χ1n) is 10.4.